The number of hydrogen-bond acceptors (Lipinski definition) is 1. The first-order valence-electron chi connectivity index (χ1n) is 6.00. The third-order valence-corrected chi connectivity index (χ3v) is 4.64. The summed E-state index contributed by atoms with van der Waals surface area (Å²) in [6, 6.07) is 0. The topological polar surface area (TPSA) is 9.23 Å². The maximum atomic E-state index is 5.10. The van der Waals surface area contributed by atoms with Crippen molar-refractivity contribution in [2.75, 3.05) is 7.11 Å². The SMILES string of the molecule is CO/C=C\C12CC3CC(CC(C3)C1)C2. The second-order valence-electron chi connectivity index (χ2n) is 5.82. The van der Waals surface area contributed by atoms with E-state index in [1.54, 1.807) is 7.11 Å². The van der Waals surface area contributed by atoms with Gasteiger partial charge in [-0.05, 0) is 67.8 Å². The summed E-state index contributed by atoms with van der Waals surface area (Å²) in [6.07, 6.45) is 13.2. The van der Waals surface area contributed by atoms with E-state index in [1.807, 2.05) is 6.26 Å². The molecule has 78 valence electrons. The van der Waals surface area contributed by atoms with Gasteiger partial charge in [-0.2, -0.15) is 0 Å². The van der Waals surface area contributed by atoms with Crippen LogP contribution in [0.5, 0.6) is 0 Å². The van der Waals surface area contributed by atoms with Crippen molar-refractivity contribution in [1.29, 1.82) is 0 Å². The van der Waals surface area contributed by atoms with Gasteiger partial charge in [-0.1, -0.05) is 0 Å². The molecular formula is C13H20O. The molecule has 4 aliphatic carbocycles. The lowest BCUT2D eigenvalue weighted by Gasteiger charge is -2.55. The van der Waals surface area contributed by atoms with Crippen LogP contribution in [0.1, 0.15) is 38.5 Å². The van der Waals surface area contributed by atoms with Crippen molar-refractivity contribution in [3.05, 3.63) is 12.3 Å². The number of methoxy groups -OCH3 is 1. The highest BCUT2D eigenvalue weighted by atomic mass is 16.5. The average Bonchev–Trinajstić information content (AvgIpc) is 2.12. The smallest absolute Gasteiger partial charge is 0.0790 e. The zero-order valence-corrected chi connectivity index (χ0v) is 9.04. The van der Waals surface area contributed by atoms with Crippen LogP contribution in [-0.2, 0) is 4.74 Å². The Balaban J connectivity index is 1.84. The van der Waals surface area contributed by atoms with E-state index in [4.69, 9.17) is 4.74 Å². The van der Waals surface area contributed by atoms with Crippen molar-refractivity contribution in [2.24, 2.45) is 23.2 Å². The fraction of sp³-hybridized carbons (Fsp3) is 0.846. The monoisotopic (exact) mass is 192 g/mol. The average molecular weight is 192 g/mol. The Morgan fingerprint density at radius 3 is 1.93 bits per heavy atom. The molecule has 1 heteroatoms. The highest BCUT2D eigenvalue weighted by Crippen LogP contribution is 2.60. The lowest BCUT2D eigenvalue weighted by molar-refractivity contribution is -0.0247. The van der Waals surface area contributed by atoms with Crippen molar-refractivity contribution < 1.29 is 4.74 Å². The van der Waals surface area contributed by atoms with Crippen LogP contribution in [0.25, 0.3) is 0 Å². The molecule has 0 aliphatic heterocycles. The first kappa shape index (κ1) is 8.82. The minimum atomic E-state index is 0.546. The van der Waals surface area contributed by atoms with E-state index in [-0.39, 0.29) is 0 Å². The van der Waals surface area contributed by atoms with E-state index in [1.165, 1.54) is 38.5 Å². The predicted octanol–water partition coefficient (Wildman–Crippen LogP) is 3.36. The van der Waals surface area contributed by atoms with E-state index in [2.05, 4.69) is 6.08 Å². The molecule has 0 unspecified atom stereocenters. The molecule has 0 N–H and O–H groups in total. The van der Waals surface area contributed by atoms with Crippen LogP contribution in [-0.4, -0.2) is 7.11 Å². The molecule has 0 amide bonds. The number of ether oxygens (including phenoxy) is 1. The largest absolute Gasteiger partial charge is 0.505 e. The Kier molecular flexibility index (Phi) is 1.90. The van der Waals surface area contributed by atoms with E-state index in [0.29, 0.717) is 5.41 Å². The minimum absolute atomic E-state index is 0.546. The van der Waals surface area contributed by atoms with Gasteiger partial charge in [-0.3, -0.25) is 0 Å². The number of allylic oxidation sites excluding steroid dienone is 1. The van der Waals surface area contributed by atoms with Crippen molar-refractivity contribution in [1.82, 2.24) is 0 Å². The number of hydrogen-bond donors (Lipinski definition) is 0. The Labute approximate surface area is 86.5 Å². The van der Waals surface area contributed by atoms with Gasteiger partial charge in [0.25, 0.3) is 0 Å². The summed E-state index contributed by atoms with van der Waals surface area (Å²) in [5.41, 5.74) is 0.546. The second kappa shape index (κ2) is 3.01. The third kappa shape index (κ3) is 1.29. The Bertz CT molecular complexity index is 219. The molecular weight excluding hydrogens is 172 g/mol. The normalized spacial score (nSPS) is 50.2. The molecule has 0 spiro atoms. The van der Waals surface area contributed by atoms with Crippen LogP contribution >= 0.6 is 0 Å². The zero-order valence-electron chi connectivity index (χ0n) is 9.04. The molecule has 14 heavy (non-hydrogen) atoms. The van der Waals surface area contributed by atoms with E-state index in [9.17, 15) is 0 Å². The van der Waals surface area contributed by atoms with Gasteiger partial charge in [0.05, 0.1) is 13.4 Å². The van der Waals surface area contributed by atoms with Gasteiger partial charge in [0.1, 0.15) is 0 Å². The molecule has 0 aromatic carbocycles. The summed E-state index contributed by atoms with van der Waals surface area (Å²) in [4.78, 5) is 0. The van der Waals surface area contributed by atoms with Gasteiger partial charge >= 0.3 is 0 Å². The van der Waals surface area contributed by atoms with Crippen LogP contribution in [0, 0.1) is 23.2 Å². The highest BCUT2D eigenvalue weighted by Gasteiger charge is 2.49. The lowest BCUT2D eigenvalue weighted by atomic mass is 9.50. The molecule has 0 aromatic heterocycles. The molecule has 4 saturated carbocycles. The van der Waals surface area contributed by atoms with Crippen molar-refractivity contribution in [3.8, 4) is 0 Å². The summed E-state index contributed by atoms with van der Waals surface area (Å²) in [7, 11) is 1.76. The maximum Gasteiger partial charge on any atom is 0.0790 e. The molecule has 4 aliphatic rings. The van der Waals surface area contributed by atoms with Gasteiger partial charge in [0.15, 0.2) is 0 Å². The molecule has 0 heterocycles. The first-order valence-corrected chi connectivity index (χ1v) is 6.00. The minimum Gasteiger partial charge on any atom is -0.505 e. The molecule has 0 atom stereocenters. The fourth-order valence-corrected chi connectivity index (χ4v) is 4.59. The lowest BCUT2D eigenvalue weighted by Crippen LogP contribution is -2.44. The second-order valence-corrected chi connectivity index (χ2v) is 5.82. The van der Waals surface area contributed by atoms with Crippen molar-refractivity contribution >= 4 is 0 Å². The molecule has 4 rings (SSSR count). The van der Waals surface area contributed by atoms with Gasteiger partial charge in [0.2, 0.25) is 0 Å². The highest BCUT2D eigenvalue weighted by molar-refractivity contribution is 5.09. The van der Waals surface area contributed by atoms with E-state index in [0.717, 1.165) is 17.8 Å². The molecule has 0 aromatic rings. The van der Waals surface area contributed by atoms with Crippen LogP contribution in [0.2, 0.25) is 0 Å². The maximum absolute atomic E-state index is 5.10. The van der Waals surface area contributed by atoms with Crippen LogP contribution < -0.4 is 0 Å². The molecule has 0 radical (unpaired) electrons. The van der Waals surface area contributed by atoms with E-state index < -0.39 is 0 Å². The Morgan fingerprint density at radius 1 is 1.00 bits per heavy atom. The molecule has 1 nitrogen and oxygen atoms in total. The quantitative estimate of drug-likeness (QED) is 0.609. The summed E-state index contributed by atoms with van der Waals surface area (Å²) in [5.74, 6) is 3.13. The Morgan fingerprint density at radius 2 is 1.50 bits per heavy atom. The predicted molar refractivity (Wildman–Crippen MR) is 56.8 cm³/mol. The number of rotatable bonds is 2. The van der Waals surface area contributed by atoms with Gasteiger partial charge in [0, 0.05) is 0 Å². The van der Waals surface area contributed by atoms with Crippen LogP contribution in [0.3, 0.4) is 0 Å². The van der Waals surface area contributed by atoms with Crippen LogP contribution in [0.15, 0.2) is 12.3 Å². The summed E-state index contributed by atoms with van der Waals surface area (Å²) < 4.78 is 5.10. The molecule has 0 saturated heterocycles. The van der Waals surface area contributed by atoms with E-state index >= 15 is 0 Å². The summed E-state index contributed by atoms with van der Waals surface area (Å²) in [6.45, 7) is 0. The summed E-state index contributed by atoms with van der Waals surface area (Å²) >= 11 is 0. The molecule has 4 fully saturated rings. The van der Waals surface area contributed by atoms with Crippen molar-refractivity contribution in [3.63, 3.8) is 0 Å². The first-order chi connectivity index (χ1) is 6.80. The standard InChI is InChI=1S/C13H20O/c1-14-3-2-13-7-10-4-11(8-13)6-12(5-10)9-13/h2-3,10-12H,4-9H2,1H3/b3-2-. The van der Waals surface area contributed by atoms with Crippen molar-refractivity contribution in [2.45, 2.75) is 38.5 Å². The Hall–Kier alpha value is -0.460. The fourth-order valence-electron chi connectivity index (χ4n) is 4.59. The third-order valence-electron chi connectivity index (χ3n) is 4.64. The van der Waals surface area contributed by atoms with Gasteiger partial charge in [-0.15, -0.1) is 0 Å². The zero-order chi connectivity index (χ0) is 9.60. The molecule has 4 bridgehead atoms. The summed E-state index contributed by atoms with van der Waals surface area (Å²) in [5, 5.41) is 0. The van der Waals surface area contributed by atoms with Gasteiger partial charge in [-0.25, -0.2) is 0 Å². The van der Waals surface area contributed by atoms with Gasteiger partial charge < -0.3 is 4.74 Å². The van der Waals surface area contributed by atoms with Crippen LogP contribution in [0.4, 0.5) is 0 Å².